The zero-order valence-electron chi connectivity index (χ0n) is 11.2. The predicted octanol–water partition coefficient (Wildman–Crippen LogP) is 0.215. The molecule has 108 valence electrons. The molecule has 0 aromatic carbocycles. The van der Waals surface area contributed by atoms with E-state index >= 15 is 0 Å². The normalized spacial score (nSPS) is 18.6. The molecule has 1 atom stereocenters. The van der Waals surface area contributed by atoms with Gasteiger partial charge in [-0.25, -0.2) is 0 Å². The minimum absolute atomic E-state index is 0.113. The average Bonchev–Trinajstić information content (AvgIpc) is 2.95. The molecular weight excluding hydrogens is 278 g/mol. The number of carbonyl (C=O) groups excluding carboxylic acids is 3. The number of amides is 3. The molecule has 1 unspecified atom stereocenters. The highest BCUT2D eigenvalue weighted by atomic mass is 32.1. The van der Waals surface area contributed by atoms with Crippen LogP contribution in [-0.4, -0.2) is 48.3 Å². The van der Waals surface area contributed by atoms with E-state index in [1.54, 1.807) is 23.3 Å². The summed E-state index contributed by atoms with van der Waals surface area (Å²) in [4.78, 5) is 36.7. The second kappa shape index (κ2) is 6.51. The Bertz CT molecular complexity index is 501. The van der Waals surface area contributed by atoms with Gasteiger partial charge in [-0.1, -0.05) is 0 Å². The molecule has 3 amide bonds. The quantitative estimate of drug-likeness (QED) is 0.834. The van der Waals surface area contributed by atoms with Crippen molar-refractivity contribution in [1.82, 2.24) is 15.5 Å². The lowest BCUT2D eigenvalue weighted by atomic mass is 10.2. The van der Waals surface area contributed by atoms with Gasteiger partial charge in [0.05, 0.1) is 0 Å². The number of thiophene rings is 1. The van der Waals surface area contributed by atoms with Crippen LogP contribution in [0.4, 0.5) is 0 Å². The van der Waals surface area contributed by atoms with E-state index in [-0.39, 0.29) is 30.7 Å². The standard InChI is InChI=1S/C13H17N3O3S/c1-9-12(18)15-5-6-16(9)11(17)2-4-14-13(19)10-3-7-20-8-10/h3,7-9H,2,4-6H2,1H3,(H,14,19)(H,15,18). The zero-order valence-corrected chi connectivity index (χ0v) is 12.0. The fourth-order valence-electron chi connectivity index (χ4n) is 2.05. The third kappa shape index (κ3) is 3.36. The third-order valence-corrected chi connectivity index (χ3v) is 3.91. The largest absolute Gasteiger partial charge is 0.353 e. The van der Waals surface area contributed by atoms with Gasteiger partial charge in [-0.15, -0.1) is 0 Å². The van der Waals surface area contributed by atoms with E-state index in [9.17, 15) is 14.4 Å². The van der Waals surface area contributed by atoms with Crippen molar-refractivity contribution in [2.75, 3.05) is 19.6 Å². The topological polar surface area (TPSA) is 78.5 Å². The van der Waals surface area contributed by atoms with E-state index in [0.29, 0.717) is 18.7 Å². The molecule has 0 saturated carbocycles. The first-order valence-electron chi connectivity index (χ1n) is 6.47. The van der Waals surface area contributed by atoms with Crippen molar-refractivity contribution < 1.29 is 14.4 Å². The van der Waals surface area contributed by atoms with E-state index in [0.717, 1.165) is 0 Å². The number of hydrogen-bond donors (Lipinski definition) is 2. The monoisotopic (exact) mass is 295 g/mol. The molecule has 1 aromatic rings. The lowest BCUT2D eigenvalue weighted by Crippen LogP contribution is -2.56. The van der Waals surface area contributed by atoms with Crippen molar-refractivity contribution in [1.29, 1.82) is 0 Å². The van der Waals surface area contributed by atoms with Crippen molar-refractivity contribution in [2.24, 2.45) is 0 Å². The molecular formula is C13H17N3O3S. The Labute approximate surface area is 121 Å². The first kappa shape index (κ1) is 14.5. The second-order valence-electron chi connectivity index (χ2n) is 4.57. The summed E-state index contributed by atoms with van der Waals surface area (Å²) in [6, 6.07) is 1.29. The van der Waals surface area contributed by atoms with Crippen LogP contribution in [0.3, 0.4) is 0 Å². The summed E-state index contributed by atoms with van der Waals surface area (Å²) < 4.78 is 0. The molecule has 7 heteroatoms. The van der Waals surface area contributed by atoms with Crippen molar-refractivity contribution in [2.45, 2.75) is 19.4 Å². The summed E-state index contributed by atoms with van der Waals surface area (Å²) in [5.74, 6) is -0.423. The molecule has 1 saturated heterocycles. The summed E-state index contributed by atoms with van der Waals surface area (Å²) in [7, 11) is 0. The maximum absolute atomic E-state index is 12.0. The molecule has 20 heavy (non-hydrogen) atoms. The summed E-state index contributed by atoms with van der Waals surface area (Å²) in [6.07, 6.45) is 0.202. The van der Waals surface area contributed by atoms with Gasteiger partial charge in [-0.2, -0.15) is 11.3 Å². The van der Waals surface area contributed by atoms with Gasteiger partial charge >= 0.3 is 0 Å². The maximum atomic E-state index is 12.0. The van der Waals surface area contributed by atoms with Gasteiger partial charge in [-0.3, -0.25) is 14.4 Å². The highest BCUT2D eigenvalue weighted by molar-refractivity contribution is 7.08. The predicted molar refractivity (Wildman–Crippen MR) is 75.5 cm³/mol. The molecule has 2 N–H and O–H groups in total. The van der Waals surface area contributed by atoms with Crippen molar-refractivity contribution >= 4 is 29.1 Å². The van der Waals surface area contributed by atoms with E-state index in [1.165, 1.54) is 11.3 Å². The summed E-state index contributed by atoms with van der Waals surface area (Å²) in [5, 5.41) is 8.99. The lowest BCUT2D eigenvalue weighted by Gasteiger charge is -2.32. The van der Waals surface area contributed by atoms with Crippen molar-refractivity contribution in [3.63, 3.8) is 0 Å². The van der Waals surface area contributed by atoms with E-state index in [4.69, 9.17) is 0 Å². The van der Waals surface area contributed by atoms with E-state index in [2.05, 4.69) is 10.6 Å². The molecule has 2 rings (SSSR count). The van der Waals surface area contributed by atoms with Crippen molar-refractivity contribution in [3.8, 4) is 0 Å². The number of nitrogens with one attached hydrogen (secondary N) is 2. The fourth-order valence-corrected chi connectivity index (χ4v) is 2.68. The van der Waals surface area contributed by atoms with Crippen LogP contribution in [0.2, 0.25) is 0 Å². The first-order chi connectivity index (χ1) is 9.59. The SMILES string of the molecule is CC1C(=O)NCCN1C(=O)CCNC(=O)c1ccsc1. The smallest absolute Gasteiger partial charge is 0.252 e. The molecule has 1 aliphatic heterocycles. The van der Waals surface area contributed by atoms with Gasteiger partial charge in [0.1, 0.15) is 6.04 Å². The molecule has 1 aromatic heterocycles. The van der Waals surface area contributed by atoms with Crippen molar-refractivity contribution in [3.05, 3.63) is 22.4 Å². The van der Waals surface area contributed by atoms with Crippen LogP contribution in [0.25, 0.3) is 0 Å². The van der Waals surface area contributed by atoms with Gasteiger partial charge in [0.25, 0.3) is 5.91 Å². The molecule has 1 aliphatic rings. The zero-order chi connectivity index (χ0) is 14.5. The van der Waals surface area contributed by atoms with Gasteiger partial charge in [-0.05, 0) is 18.4 Å². The van der Waals surface area contributed by atoms with Gasteiger partial charge < -0.3 is 15.5 Å². The number of rotatable bonds is 4. The minimum atomic E-state index is -0.441. The fraction of sp³-hybridized carbons (Fsp3) is 0.462. The Kier molecular flexibility index (Phi) is 4.73. The molecule has 0 aliphatic carbocycles. The molecule has 2 heterocycles. The van der Waals surface area contributed by atoms with Crippen LogP contribution >= 0.6 is 11.3 Å². The Morgan fingerprint density at radius 2 is 2.35 bits per heavy atom. The average molecular weight is 295 g/mol. The van der Waals surface area contributed by atoms with Crippen LogP contribution < -0.4 is 10.6 Å². The number of carbonyl (C=O) groups is 3. The molecule has 0 radical (unpaired) electrons. The third-order valence-electron chi connectivity index (χ3n) is 3.23. The maximum Gasteiger partial charge on any atom is 0.252 e. The number of hydrogen-bond acceptors (Lipinski definition) is 4. The summed E-state index contributed by atoms with van der Waals surface area (Å²) in [6.45, 7) is 2.98. The van der Waals surface area contributed by atoms with E-state index < -0.39 is 6.04 Å². The minimum Gasteiger partial charge on any atom is -0.353 e. The van der Waals surface area contributed by atoms with Crippen LogP contribution in [0.1, 0.15) is 23.7 Å². The van der Waals surface area contributed by atoms with Crippen LogP contribution in [-0.2, 0) is 9.59 Å². The highest BCUT2D eigenvalue weighted by Gasteiger charge is 2.28. The highest BCUT2D eigenvalue weighted by Crippen LogP contribution is 2.07. The number of piperazine rings is 1. The van der Waals surface area contributed by atoms with Crippen LogP contribution in [0.15, 0.2) is 16.8 Å². The second-order valence-corrected chi connectivity index (χ2v) is 5.35. The summed E-state index contributed by atoms with van der Waals surface area (Å²) >= 11 is 1.45. The van der Waals surface area contributed by atoms with Crippen LogP contribution in [0.5, 0.6) is 0 Å². The lowest BCUT2D eigenvalue weighted by molar-refractivity contribution is -0.142. The molecule has 6 nitrogen and oxygen atoms in total. The van der Waals surface area contributed by atoms with E-state index in [1.807, 2.05) is 5.38 Å². The van der Waals surface area contributed by atoms with Gasteiger partial charge in [0, 0.05) is 37.0 Å². The van der Waals surface area contributed by atoms with Crippen LogP contribution in [0, 0.1) is 0 Å². The Morgan fingerprint density at radius 3 is 3.05 bits per heavy atom. The number of nitrogens with zero attached hydrogens (tertiary/aromatic N) is 1. The van der Waals surface area contributed by atoms with Gasteiger partial charge in [0.2, 0.25) is 11.8 Å². The van der Waals surface area contributed by atoms with Gasteiger partial charge in [0.15, 0.2) is 0 Å². The molecule has 0 bridgehead atoms. The molecule has 0 spiro atoms. The summed E-state index contributed by atoms with van der Waals surface area (Å²) in [5.41, 5.74) is 0.605. The molecule has 1 fully saturated rings. The Morgan fingerprint density at radius 1 is 1.55 bits per heavy atom. The Balaban J connectivity index is 1.77. The first-order valence-corrected chi connectivity index (χ1v) is 7.41. The Hall–Kier alpha value is -1.89.